The van der Waals surface area contributed by atoms with Crippen molar-refractivity contribution in [3.8, 4) is 11.6 Å². The van der Waals surface area contributed by atoms with Crippen molar-refractivity contribution in [1.82, 2.24) is 4.98 Å². The van der Waals surface area contributed by atoms with Crippen molar-refractivity contribution in [3.05, 3.63) is 58.0 Å². The highest BCUT2D eigenvalue weighted by Crippen LogP contribution is 2.24. The SMILES string of the molecule is COc1ncccc1COc1ccc([N+](=O)[O-])c(F)c1. The number of aromatic nitrogens is 1. The molecule has 2 rings (SSSR count). The average Bonchev–Trinajstić information content (AvgIpc) is 2.45. The number of rotatable bonds is 5. The Labute approximate surface area is 113 Å². The van der Waals surface area contributed by atoms with Crippen molar-refractivity contribution in [2.45, 2.75) is 6.61 Å². The lowest BCUT2D eigenvalue weighted by molar-refractivity contribution is -0.387. The van der Waals surface area contributed by atoms with Crippen LogP contribution in [0.5, 0.6) is 11.6 Å². The molecule has 0 N–H and O–H groups in total. The van der Waals surface area contributed by atoms with Gasteiger partial charge in [0.1, 0.15) is 12.4 Å². The van der Waals surface area contributed by atoms with Gasteiger partial charge in [-0.25, -0.2) is 4.98 Å². The molecule has 1 aromatic carbocycles. The van der Waals surface area contributed by atoms with Crippen LogP contribution in [-0.4, -0.2) is 17.0 Å². The number of nitro benzene ring substituents is 1. The van der Waals surface area contributed by atoms with E-state index in [9.17, 15) is 14.5 Å². The topological polar surface area (TPSA) is 74.5 Å². The summed E-state index contributed by atoms with van der Waals surface area (Å²) in [6.45, 7) is 0.119. The largest absolute Gasteiger partial charge is 0.489 e. The first-order chi connectivity index (χ1) is 9.61. The summed E-state index contributed by atoms with van der Waals surface area (Å²) >= 11 is 0. The molecule has 0 aliphatic rings. The Morgan fingerprint density at radius 2 is 2.20 bits per heavy atom. The molecule has 2 aromatic rings. The maximum absolute atomic E-state index is 13.4. The summed E-state index contributed by atoms with van der Waals surface area (Å²) in [5.74, 6) is -0.334. The molecule has 0 atom stereocenters. The molecule has 0 saturated heterocycles. The second-order valence-electron chi connectivity index (χ2n) is 3.83. The van der Waals surface area contributed by atoms with Crippen LogP contribution in [0.2, 0.25) is 0 Å². The predicted molar refractivity (Wildman–Crippen MR) is 68.2 cm³/mol. The zero-order chi connectivity index (χ0) is 14.5. The van der Waals surface area contributed by atoms with Gasteiger partial charge in [-0.05, 0) is 18.2 Å². The molecular formula is C13H11FN2O4. The fraction of sp³-hybridized carbons (Fsp3) is 0.154. The van der Waals surface area contributed by atoms with Crippen molar-refractivity contribution in [2.75, 3.05) is 7.11 Å². The van der Waals surface area contributed by atoms with E-state index < -0.39 is 16.4 Å². The lowest BCUT2D eigenvalue weighted by Gasteiger charge is -2.09. The molecule has 1 heterocycles. The van der Waals surface area contributed by atoms with E-state index in [-0.39, 0.29) is 12.4 Å². The molecule has 6 nitrogen and oxygen atoms in total. The highest BCUT2D eigenvalue weighted by Gasteiger charge is 2.14. The summed E-state index contributed by atoms with van der Waals surface area (Å²) in [5, 5.41) is 10.5. The van der Waals surface area contributed by atoms with Gasteiger partial charge < -0.3 is 9.47 Å². The number of hydrogen-bond donors (Lipinski definition) is 0. The van der Waals surface area contributed by atoms with Crippen LogP contribution >= 0.6 is 0 Å². The van der Waals surface area contributed by atoms with Crippen LogP contribution in [0.3, 0.4) is 0 Å². The van der Waals surface area contributed by atoms with E-state index >= 15 is 0 Å². The summed E-state index contributed by atoms with van der Waals surface area (Å²) in [4.78, 5) is 13.7. The van der Waals surface area contributed by atoms with Gasteiger partial charge in [0, 0.05) is 18.3 Å². The van der Waals surface area contributed by atoms with E-state index in [0.29, 0.717) is 11.4 Å². The molecule has 0 aliphatic carbocycles. The zero-order valence-electron chi connectivity index (χ0n) is 10.6. The van der Waals surface area contributed by atoms with Crippen LogP contribution in [-0.2, 0) is 6.61 Å². The monoisotopic (exact) mass is 278 g/mol. The second kappa shape index (κ2) is 5.96. The highest BCUT2D eigenvalue weighted by molar-refractivity contribution is 5.38. The Morgan fingerprint density at radius 1 is 1.40 bits per heavy atom. The Morgan fingerprint density at radius 3 is 2.85 bits per heavy atom. The summed E-state index contributed by atoms with van der Waals surface area (Å²) in [7, 11) is 1.48. The first-order valence-electron chi connectivity index (χ1n) is 5.66. The van der Waals surface area contributed by atoms with Crippen molar-refractivity contribution in [3.63, 3.8) is 0 Å². The lowest BCUT2D eigenvalue weighted by Crippen LogP contribution is -2.01. The zero-order valence-corrected chi connectivity index (χ0v) is 10.6. The van der Waals surface area contributed by atoms with Gasteiger partial charge >= 0.3 is 5.69 Å². The number of hydrogen-bond acceptors (Lipinski definition) is 5. The standard InChI is InChI=1S/C13H11FN2O4/c1-19-13-9(3-2-6-15-13)8-20-10-4-5-12(16(17)18)11(14)7-10/h2-7H,8H2,1H3. The molecule has 0 amide bonds. The molecule has 1 aromatic heterocycles. The van der Waals surface area contributed by atoms with Gasteiger partial charge in [-0.1, -0.05) is 0 Å². The van der Waals surface area contributed by atoms with Gasteiger partial charge in [-0.3, -0.25) is 10.1 Å². The van der Waals surface area contributed by atoms with Gasteiger partial charge in [0.2, 0.25) is 11.7 Å². The number of benzene rings is 1. The van der Waals surface area contributed by atoms with Gasteiger partial charge in [-0.2, -0.15) is 4.39 Å². The van der Waals surface area contributed by atoms with Crippen LogP contribution < -0.4 is 9.47 Å². The van der Waals surface area contributed by atoms with E-state index in [1.54, 1.807) is 18.3 Å². The molecule has 0 spiro atoms. The Hall–Kier alpha value is -2.70. The van der Waals surface area contributed by atoms with E-state index in [4.69, 9.17) is 9.47 Å². The quantitative estimate of drug-likeness (QED) is 0.621. The minimum absolute atomic E-state index is 0.119. The molecule has 20 heavy (non-hydrogen) atoms. The Kier molecular flexibility index (Phi) is 4.09. The first-order valence-corrected chi connectivity index (χ1v) is 5.66. The normalized spacial score (nSPS) is 10.1. The van der Waals surface area contributed by atoms with E-state index in [0.717, 1.165) is 12.1 Å². The van der Waals surface area contributed by atoms with E-state index in [1.165, 1.54) is 13.2 Å². The third-order valence-electron chi connectivity index (χ3n) is 2.55. The molecule has 0 radical (unpaired) electrons. The highest BCUT2D eigenvalue weighted by atomic mass is 19.1. The molecular weight excluding hydrogens is 267 g/mol. The fourth-order valence-electron chi connectivity index (χ4n) is 1.60. The minimum Gasteiger partial charge on any atom is -0.489 e. The van der Waals surface area contributed by atoms with E-state index in [2.05, 4.69) is 4.98 Å². The van der Waals surface area contributed by atoms with Crippen molar-refractivity contribution >= 4 is 5.69 Å². The summed E-state index contributed by atoms with van der Waals surface area (Å²) in [6.07, 6.45) is 1.58. The van der Waals surface area contributed by atoms with Crippen molar-refractivity contribution in [1.29, 1.82) is 0 Å². The molecule has 7 heteroatoms. The van der Waals surface area contributed by atoms with Gasteiger partial charge in [0.05, 0.1) is 17.6 Å². The average molecular weight is 278 g/mol. The maximum atomic E-state index is 13.4. The molecule has 104 valence electrons. The third kappa shape index (κ3) is 3.00. The van der Waals surface area contributed by atoms with Gasteiger partial charge in [0.25, 0.3) is 0 Å². The number of methoxy groups -OCH3 is 1. The number of nitrogens with zero attached hydrogens (tertiary/aromatic N) is 2. The Bertz CT molecular complexity index is 634. The van der Waals surface area contributed by atoms with Gasteiger partial charge in [0.15, 0.2) is 0 Å². The number of halogens is 1. The van der Waals surface area contributed by atoms with Crippen LogP contribution in [0.4, 0.5) is 10.1 Å². The Balaban J connectivity index is 2.11. The fourth-order valence-corrected chi connectivity index (χ4v) is 1.60. The maximum Gasteiger partial charge on any atom is 0.305 e. The summed E-state index contributed by atoms with van der Waals surface area (Å²) in [5.41, 5.74) is 0.102. The van der Waals surface area contributed by atoms with Crippen molar-refractivity contribution in [2.24, 2.45) is 0 Å². The molecule has 0 unspecified atom stereocenters. The smallest absolute Gasteiger partial charge is 0.305 e. The molecule has 0 bridgehead atoms. The summed E-state index contributed by atoms with van der Waals surface area (Å²) in [6, 6.07) is 6.85. The minimum atomic E-state index is -0.939. The van der Waals surface area contributed by atoms with Crippen LogP contribution in [0.1, 0.15) is 5.56 Å². The molecule has 0 fully saturated rings. The molecule has 0 saturated carbocycles. The first kappa shape index (κ1) is 13.7. The van der Waals surface area contributed by atoms with Crippen LogP contribution in [0.15, 0.2) is 36.5 Å². The number of ether oxygens (including phenoxy) is 2. The van der Waals surface area contributed by atoms with E-state index in [1.807, 2.05) is 0 Å². The van der Waals surface area contributed by atoms with Crippen LogP contribution in [0.25, 0.3) is 0 Å². The third-order valence-corrected chi connectivity index (χ3v) is 2.55. The van der Waals surface area contributed by atoms with Crippen molar-refractivity contribution < 1.29 is 18.8 Å². The molecule has 0 aliphatic heterocycles. The number of nitro groups is 1. The number of pyridine rings is 1. The predicted octanol–water partition coefficient (Wildman–Crippen LogP) is 2.72. The second-order valence-corrected chi connectivity index (χ2v) is 3.83. The van der Waals surface area contributed by atoms with Gasteiger partial charge in [-0.15, -0.1) is 0 Å². The lowest BCUT2D eigenvalue weighted by atomic mass is 10.2. The summed E-state index contributed by atoms with van der Waals surface area (Å²) < 4.78 is 23.8. The van der Waals surface area contributed by atoms with Crippen LogP contribution in [0, 0.1) is 15.9 Å².